The maximum atomic E-state index is 15.3. The first-order chi connectivity index (χ1) is 15.0. The molecule has 0 unspecified atom stereocenters. The van der Waals surface area contributed by atoms with Gasteiger partial charge in [0.05, 0.1) is 18.8 Å². The molecule has 2 aromatic rings. The second-order valence-corrected chi connectivity index (χ2v) is 9.41. The topological polar surface area (TPSA) is 83.3 Å². The minimum atomic E-state index is -6.22. The highest BCUT2D eigenvalue weighted by atomic mass is 32.2. The number of fused-ring (bicyclic) bond motifs is 1. The highest BCUT2D eigenvalue weighted by molar-refractivity contribution is 7.88. The molecule has 0 radical (unpaired) electrons. The minimum Gasteiger partial charge on any atom is -0.464 e. The Labute approximate surface area is 188 Å². The van der Waals surface area contributed by atoms with Gasteiger partial charge in [-0.05, 0) is 46.2 Å². The third-order valence-corrected chi connectivity index (χ3v) is 5.26. The van der Waals surface area contributed by atoms with Crippen LogP contribution >= 0.6 is 0 Å². The fourth-order valence-electron chi connectivity index (χ4n) is 2.98. The van der Waals surface area contributed by atoms with Crippen molar-refractivity contribution in [2.75, 3.05) is 6.61 Å². The normalized spacial score (nSPS) is 13.5. The van der Waals surface area contributed by atoms with Gasteiger partial charge in [-0.15, -0.1) is 0 Å². The molecule has 0 saturated carbocycles. The molecule has 0 aromatic heterocycles. The van der Waals surface area contributed by atoms with Crippen LogP contribution in [0, 0.1) is 19.3 Å². The van der Waals surface area contributed by atoms with Gasteiger partial charge in [-0.1, -0.05) is 12.1 Å². The van der Waals surface area contributed by atoms with Crippen molar-refractivity contribution in [3.8, 4) is 5.75 Å². The third kappa shape index (κ3) is 5.54. The van der Waals surface area contributed by atoms with Crippen molar-refractivity contribution >= 4 is 32.5 Å². The lowest BCUT2D eigenvalue weighted by atomic mass is 9.94. The van der Waals surface area contributed by atoms with Crippen LogP contribution in [0.3, 0.4) is 0 Å². The molecule has 2 aromatic carbocycles. The van der Waals surface area contributed by atoms with Crippen LogP contribution in [0.5, 0.6) is 5.75 Å². The number of benzene rings is 2. The first-order valence-corrected chi connectivity index (χ1v) is 10.9. The van der Waals surface area contributed by atoms with E-state index in [4.69, 9.17) is 16.0 Å². The highest BCUT2D eigenvalue weighted by Crippen LogP contribution is 2.44. The van der Waals surface area contributed by atoms with Crippen LogP contribution in [0.1, 0.15) is 44.9 Å². The van der Waals surface area contributed by atoms with Gasteiger partial charge in [0.1, 0.15) is 5.82 Å². The Morgan fingerprint density at radius 2 is 1.79 bits per heavy atom. The lowest BCUT2D eigenvalue weighted by Crippen LogP contribution is -2.32. The van der Waals surface area contributed by atoms with E-state index in [0.29, 0.717) is 0 Å². The SMILES string of the molecule is [C-]#[N+]c1ccc2c(OS(=O)(=O)C(F)(F)F)c([C@H](OC(C)(C)C)C(=O)OCC)c(C)c(F)c2c1. The van der Waals surface area contributed by atoms with E-state index in [0.717, 1.165) is 25.1 Å². The van der Waals surface area contributed by atoms with Gasteiger partial charge >= 0.3 is 21.6 Å². The number of rotatable bonds is 6. The summed E-state index contributed by atoms with van der Waals surface area (Å²) in [5, 5.41) is -0.768. The third-order valence-electron chi connectivity index (χ3n) is 4.30. The standard InChI is InChI=1S/C21H21F4NO6S/c1-7-30-19(27)18(31-20(3,4)5)15-11(2)16(22)14-10-12(26-6)8-9-13(14)17(15)32-33(28,29)21(23,24)25/h8-10,18H,7H2,1-5H3/t18-/m0/s1. The smallest absolute Gasteiger partial charge is 0.464 e. The van der Waals surface area contributed by atoms with Gasteiger partial charge in [0, 0.05) is 16.3 Å². The number of hydrogen-bond donors (Lipinski definition) is 0. The zero-order valence-electron chi connectivity index (χ0n) is 18.3. The molecule has 0 aliphatic rings. The van der Waals surface area contributed by atoms with E-state index in [1.165, 1.54) is 27.7 Å². The summed E-state index contributed by atoms with van der Waals surface area (Å²) in [6.45, 7) is 14.1. The summed E-state index contributed by atoms with van der Waals surface area (Å²) >= 11 is 0. The Hall–Kier alpha value is -2.91. The maximum absolute atomic E-state index is 15.3. The molecular formula is C21H21F4NO6S. The molecule has 0 fully saturated rings. The summed E-state index contributed by atoms with van der Waals surface area (Å²) in [6.07, 6.45) is -1.82. The molecule has 2 rings (SSSR count). The van der Waals surface area contributed by atoms with Gasteiger partial charge < -0.3 is 13.7 Å². The molecule has 0 spiro atoms. The van der Waals surface area contributed by atoms with E-state index in [1.807, 2.05) is 0 Å². The average molecular weight is 491 g/mol. The van der Waals surface area contributed by atoms with E-state index >= 15 is 4.39 Å². The van der Waals surface area contributed by atoms with Gasteiger partial charge in [0.25, 0.3) is 0 Å². The monoisotopic (exact) mass is 491 g/mol. The maximum Gasteiger partial charge on any atom is 0.534 e. The quantitative estimate of drug-likeness (QED) is 0.175. The molecule has 0 heterocycles. The lowest BCUT2D eigenvalue weighted by Gasteiger charge is -2.29. The number of esters is 1. The fraction of sp³-hybridized carbons (Fsp3) is 0.429. The number of hydrogen-bond acceptors (Lipinski definition) is 6. The number of alkyl halides is 3. The Balaban J connectivity index is 3.01. The molecule has 0 aliphatic heterocycles. The predicted octanol–water partition coefficient (Wildman–Crippen LogP) is 5.49. The van der Waals surface area contributed by atoms with Crippen LogP contribution in [-0.2, 0) is 24.4 Å². The number of carbonyl (C=O) groups is 1. The van der Waals surface area contributed by atoms with Crippen molar-refractivity contribution in [1.82, 2.24) is 0 Å². The molecule has 0 aliphatic carbocycles. The second-order valence-electron chi connectivity index (χ2n) is 7.87. The molecule has 12 heteroatoms. The molecule has 33 heavy (non-hydrogen) atoms. The molecule has 180 valence electrons. The van der Waals surface area contributed by atoms with Crippen LogP contribution in [0.15, 0.2) is 18.2 Å². The molecule has 0 N–H and O–H groups in total. The molecule has 7 nitrogen and oxygen atoms in total. The van der Waals surface area contributed by atoms with Gasteiger partial charge in [-0.3, -0.25) is 0 Å². The molecule has 1 atom stereocenters. The van der Waals surface area contributed by atoms with Crippen LogP contribution in [0.2, 0.25) is 0 Å². The lowest BCUT2D eigenvalue weighted by molar-refractivity contribution is -0.167. The summed E-state index contributed by atoms with van der Waals surface area (Å²) in [5.74, 6) is -3.02. The summed E-state index contributed by atoms with van der Waals surface area (Å²) in [5.41, 5.74) is -7.91. The second kappa shape index (κ2) is 9.15. The van der Waals surface area contributed by atoms with Crippen molar-refractivity contribution in [1.29, 1.82) is 0 Å². The number of halogens is 4. The van der Waals surface area contributed by atoms with Crippen molar-refractivity contribution < 1.29 is 44.4 Å². The van der Waals surface area contributed by atoms with Crippen LogP contribution in [0.4, 0.5) is 23.2 Å². The first kappa shape index (κ1) is 26.3. The molecular weight excluding hydrogens is 470 g/mol. The summed E-state index contributed by atoms with van der Waals surface area (Å²) in [7, 11) is -6.22. The van der Waals surface area contributed by atoms with Crippen molar-refractivity contribution in [2.45, 2.75) is 51.8 Å². The number of nitrogens with zero attached hydrogens (tertiary/aromatic N) is 1. The Morgan fingerprint density at radius 3 is 2.27 bits per heavy atom. The fourth-order valence-corrected chi connectivity index (χ4v) is 3.47. The summed E-state index contributed by atoms with van der Waals surface area (Å²) in [4.78, 5) is 15.8. The Kier molecular flexibility index (Phi) is 7.30. The number of carbonyl (C=O) groups excluding carboxylic acids is 1. The van der Waals surface area contributed by atoms with Crippen molar-refractivity contribution in [2.24, 2.45) is 0 Å². The van der Waals surface area contributed by atoms with E-state index < -0.39 is 61.4 Å². The van der Waals surface area contributed by atoms with E-state index in [9.17, 15) is 26.4 Å². The Morgan fingerprint density at radius 1 is 1.18 bits per heavy atom. The zero-order chi connectivity index (χ0) is 25.4. The van der Waals surface area contributed by atoms with E-state index in [2.05, 4.69) is 9.03 Å². The molecule has 0 bridgehead atoms. The average Bonchev–Trinajstić information content (AvgIpc) is 2.68. The highest BCUT2D eigenvalue weighted by Gasteiger charge is 2.50. The first-order valence-electron chi connectivity index (χ1n) is 9.52. The molecule has 0 amide bonds. The van der Waals surface area contributed by atoms with Crippen molar-refractivity contribution in [3.05, 3.63) is 46.6 Å². The summed E-state index contributed by atoms with van der Waals surface area (Å²) in [6, 6.07) is 3.21. The van der Waals surface area contributed by atoms with Crippen LogP contribution in [-0.4, -0.2) is 32.1 Å². The van der Waals surface area contributed by atoms with Gasteiger partial charge in [0.15, 0.2) is 17.5 Å². The predicted molar refractivity (Wildman–Crippen MR) is 111 cm³/mol. The van der Waals surface area contributed by atoms with E-state index in [1.54, 1.807) is 0 Å². The molecule has 0 saturated heterocycles. The minimum absolute atomic E-state index is 0.0499. The zero-order valence-corrected chi connectivity index (χ0v) is 19.1. The van der Waals surface area contributed by atoms with Gasteiger partial charge in [0.2, 0.25) is 0 Å². The van der Waals surface area contributed by atoms with E-state index in [-0.39, 0.29) is 17.7 Å². The van der Waals surface area contributed by atoms with Gasteiger partial charge in [-0.25, -0.2) is 14.0 Å². The summed E-state index contributed by atoms with van der Waals surface area (Å²) < 4.78 is 93.6. The van der Waals surface area contributed by atoms with Crippen LogP contribution < -0.4 is 4.18 Å². The number of ether oxygens (including phenoxy) is 2. The largest absolute Gasteiger partial charge is 0.534 e. The van der Waals surface area contributed by atoms with Crippen LogP contribution in [0.25, 0.3) is 15.6 Å². The van der Waals surface area contributed by atoms with Crippen molar-refractivity contribution in [3.63, 3.8) is 0 Å². The van der Waals surface area contributed by atoms with Gasteiger partial charge in [-0.2, -0.15) is 21.6 Å². The Bertz CT molecular complexity index is 1230.